The first-order valence-electron chi connectivity index (χ1n) is 7.90. The highest BCUT2D eigenvalue weighted by Crippen LogP contribution is 2.28. The molecule has 9 heteroatoms. The topological polar surface area (TPSA) is 101 Å². The van der Waals surface area contributed by atoms with E-state index in [0.717, 1.165) is 28.0 Å². The van der Waals surface area contributed by atoms with Gasteiger partial charge in [0.25, 0.3) is 5.69 Å². The van der Waals surface area contributed by atoms with Gasteiger partial charge >= 0.3 is 0 Å². The standard InChI is InChI=1S/C17H17N3O5S/c1-18(26(24,25)15-7-4-6-14(11-15)20(22)23)12-17(21)19-10-9-13-5-2-3-8-16(13)19/h2-8,11H,9-10,12H2,1H3. The van der Waals surface area contributed by atoms with Crippen LogP contribution in [0.25, 0.3) is 0 Å². The first-order valence-corrected chi connectivity index (χ1v) is 9.34. The van der Waals surface area contributed by atoms with Gasteiger partial charge in [0.2, 0.25) is 15.9 Å². The van der Waals surface area contributed by atoms with Crippen molar-refractivity contribution in [3.8, 4) is 0 Å². The van der Waals surface area contributed by atoms with E-state index in [4.69, 9.17) is 0 Å². The van der Waals surface area contributed by atoms with Crippen LogP contribution in [0.1, 0.15) is 5.56 Å². The highest BCUT2D eigenvalue weighted by Gasteiger charge is 2.29. The average Bonchev–Trinajstić information content (AvgIpc) is 3.06. The van der Waals surface area contributed by atoms with Gasteiger partial charge in [0.1, 0.15) is 0 Å². The third-order valence-electron chi connectivity index (χ3n) is 4.28. The monoisotopic (exact) mass is 375 g/mol. The fourth-order valence-corrected chi connectivity index (χ4v) is 4.06. The SMILES string of the molecule is CN(CC(=O)N1CCc2ccccc21)S(=O)(=O)c1cccc([N+](=O)[O-])c1. The second-order valence-electron chi connectivity index (χ2n) is 5.94. The Morgan fingerprint density at radius 2 is 1.96 bits per heavy atom. The molecule has 3 rings (SSSR count). The van der Waals surface area contributed by atoms with E-state index in [1.165, 1.54) is 25.2 Å². The smallest absolute Gasteiger partial charge is 0.270 e. The summed E-state index contributed by atoms with van der Waals surface area (Å²) in [6.45, 7) is 0.155. The molecule has 0 saturated carbocycles. The Labute approximate surface area is 150 Å². The van der Waals surface area contributed by atoms with Crippen molar-refractivity contribution in [2.45, 2.75) is 11.3 Å². The summed E-state index contributed by atoms with van der Waals surface area (Å²) in [7, 11) is -2.73. The lowest BCUT2D eigenvalue weighted by atomic mass is 10.2. The number of nitro benzene ring substituents is 1. The summed E-state index contributed by atoms with van der Waals surface area (Å²) in [6, 6.07) is 12.3. The third kappa shape index (κ3) is 3.31. The van der Waals surface area contributed by atoms with Gasteiger partial charge in [-0.15, -0.1) is 0 Å². The molecule has 2 aromatic carbocycles. The lowest BCUT2D eigenvalue weighted by Crippen LogP contribution is -2.40. The Balaban J connectivity index is 1.79. The number of carbonyl (C=O) groups excluding carboxylic acids is 1. The van der Waals surface area contributed by atoms with Crippen molar-refractivity contribution >= 4 is 27.3 Å². The Morgan fingerprint density at radius 1 is 1.23 bits per heavy atom. The first-order chi connectivity index (χ1) is 12.3. The normalized spacial score (nSPS) is 13.7. The minimum Gasteiger partial charge on any atom is -0.311 e. The van der Waals surface area contributed by atoms with E-state index < -0.39 is 14.9 Å². The predicted molar refractivity (Wildman–Crippen MR) is 95.4 cm³/mol. The molecule has 0 spiro atoms. The molecule has 136 valence electrons. The molecule has 2 aromatic rings. The van der Waals surface area contributed by atoms with Gasteiger partial charge in [0.05, 0.1) is 16.4 Å². The quantitative estimate of drug-likeness (QED) is 0.586. The zero-order chi connectivity index (χ0) is 18.9. The van der Waals surface area contributed by atoms with Crippen LogP contribution in [0.2, 0.25) is 0 Å². The van der Waals surface area contributed by atoms with Gasteiger partial charge < -0.3 is 4.90 Å². The summed E-state index contributed by atoms with van der Waals surface area (Å²) in [5.74, 6) is -0.341. The molecule has 0 unspecified atom stereocenters. The molecule has 26 heavy (non-hydrogen) atoms. The lowest BCUT2D eigenvalue weighted by Gasteiger charge is -2.22. The number of amides is 1. The number of nitro groups is 1. The number of anilines is 1. The molecule has 1 aliphatic heterocycles. The van der Waals surface area contributed by atoms with Crippen molar-refractivity contribution in [3.05, 3.63) is 64.2 Å². The minimum atomic E-state index is -4.02. The van der Waals surface area contributed by atoms with E-state index in [9.17, 15) is 23.3 Å². The van der Waals surface area contributed by atoms with E-state index in [2.05, 4.69) is 0 Å². The van der Waals surface area contributed by atoms with Crippen molar-refractivity contribution < 1.29 is 18.1 Å². The molecule has 8 nitrogen and oxygen atoms in total. The number of hydrogen-bond donors (Lipinski definition) is 0. The molecular formula is C17H17N3O5S. The molecule has 0 N–H and O–H groups in total. The highest BCUT2D eigenvalue weighted by atomic mass is 32.2. The zero-order valence-electron chi connectivity index (χ0n) is 14.0. The second-order valence-corrected chi connectivity index (χ2v) is 7.98. The Hall–Kier alpha value is -2.78. The van der Waals surface area contributed by atoms with Gasteiger partial charge in [-0.25, -0.2) is 8.42 Å². The molecular weight excluding hydrogens is 358 g/mol. The van der Waals surface area contributed by atoms with Gasteiger partial charge in [0, 0.05) is 31.4 Å². The number of nitrogens with zero attached hydrogens (tertiary/aromatic N) is 3. The Kier molecular flexibility index (Phi) is 4.75. The van der Waals surface area contributed by atoms with Crippen molar-refractivity contribution in [2.75, 3.05) is 25.0 Å². The predicted octanol–water partition coefficient (Wildman–Crippen LogP) is 1.80. The van der Waals surface area contributed by atoms with E-state index in [1.54, 1.807) is 4.90 Å². The minimum absolute atomic E-state index is 0.219. The number of fused-ring (bicyclic) bond motifs is 1. The second kappa shape index (κ2) is 6.85. The van der Waals surface area contributed by atoms with Crippen LogP contribution >= 0.6 is 0 Å². The van der Waals surface area contributed by atoms with Crippen molar-refractivity contribution in [2.24, 2.45) is 0 Å². The van der Waals surface area contributed by atoms with Crippen LogP contribution in [-0.4, -0.2) is 43.7 Å². The first kappa shape index (κ1) is 18.0. The van der Waals surface area contributed by atoms with Crippen LogP contribution in [0.3, 0.4) is 0 Å². The van der Waals surface area contributed by atoms with Crippen molar-refractivity contribution in [3.63, 3.8) is 0 Å². The van der Waals surface area contributed by atoms with E-state index in [-0.39, 0.29) is 23.0 Å². The molecule has 0 aliphatic carbocycles. The van der Waals surface area contributed by atoms with Gasteiger partial charge in [-0.05, 0) is 24.1 Å². The molecule has 0 radical (unpaired) electrons. The van der Waals surface area contributed by atoms with Gasteiger partial charge in [0.15, 0.2) is 0 Å². The molecule has 0 atom stereocenters. The van der Waals surface area contributed by atoms with Crippen LogP contribution < -0.4 is 4.90 Å². The van der Waals surface area contributed by atoms with Crippen LogP contribution in [-0.2, 0) is 21.2 Å². The van der Waals surface area contributed by atoms with Crippen LogP contribution in [0.4, 0.5) is 11.4 Å². The molecule has 0 saturated heterocycles. The van der Waals surface area contributed by atoms with Crippen LogP contribution in [0.5, 0.6) is 0 Å². The summed E-state index contributed by atoms with van der Waals surface area (Å²) in [5, 5.41) is 10.9. The van der Waals surface area contributed by atoms with E-state index >= 15 is 0 Å². The molecule has 1 amide bonds. The number of hydrogen-bond acceptors (Lipinski definition) is 5. The Bertz CT molecular complexity index is 974. The van der Waals surface area contributed by atoms with Crippen LogP contribution in [0, 0.1) is 10.1 Å². The number of carbonyl (C=O) groups is 1. The number of benzene rings is 2. The fourth-order valence-electron chi connectivity index (χ4n) is 2.90. The van der Waals surface area contributed by atoms with Gasteiger partial charge in [-0.1, -0.05) is 24.3 Å². The average molecular weight is 375 g/mol. The summed E-state index contributed by atoms with van der Waals surface area (Å²) in [5.41, 5.74) is 1.52. The third-order valence-corrected chi connectivity index (χ3v) is 6.08. The zero-order valence-corrected chi connectivity index (χ0v) is 14.8. The summed E-state index contributed by atoms with van der Waals surface area (Å²) in [4.78, 5) is 24.1. The number of rotatable bonds is 5. The number of sulfonamides is 1. The summed E-state index contributed by atoms with van der Waals surface area (Å²) >= 11 is 0. The summed E-state index contributed by atoms with van der Waals surface area (Å²) < 4.78 is 26.2. The number of likely N-dealkylation sites (N-methyl/N-ethyl adjacent to an activating group) is 1. The molecule has 0 bridgehead atoms. The summed E-state index contributed by atoms with van der Waals surface area (Å²) in [6.07, 6.45) is 0.725. The molecule has 1 aliphatic rings. The maximum absolute atomic E-state index is 12.6. The maximum atomic E-state index is 12.6. The van der Waals surface area contributed by atoms with E-state index in [1.807, 2.05) is 24.3 Å². The lowest BCUT2D eigenvalue weighted by molar-refractivity contribution is -0.385. The maximum Gasteiger partial charge on any atom is 0.270 e. The molecule has 0 fully saturated rings. The van der Waals surface area contributed by atoms with Crippen molar-refractivity contribution in [1.82, 2.24) is 4.31 Å². The van der Waals surface area contributed by atoms with Crippen molar-refractivity contribution in [1.29, 1.82) is 0 Å². The molecule has 1 heterocycles. The largest absolute Gasteiger partial charge is 0.311 e. The number of para-hydroxylation sites is 1. The van der Waals surface area contributed by atoms with Gasteiger partial charge in [-0.2, -0.15) is 4.31 Å². The fraction of sp³-hybridized carbons (Fsp3) is 0.235. The van der Waals surface area contributed by atoms with Gasteiger partial charge in [-0.3, -0.25) is 14.9 Å². The van der Waals surface area contributed by atoms with Crippen LogP contribution in [0.15, 0.2) is 53.4 Å². The molecule has 0 aromatic heterocycles. The van der Waals surface area contributed by atoms with E-state index in [0.29, 0.717) is 6.54 Å². The number of non-ortho nitro benzene ring substituents is 1. The highest BCUT2D eigenvalue weighted by molar-refractivity contribution is 7.89. The Morgan fingerprint density at radius 3 is 2.69 bits per heavy atom.